The highest BCUT2D eigenvalue weighted by molar-refractivity contribution is 7.99. The van der Waals surface area contributed by atoms with Crippen LogP contribution < -0.4 is 10.5 Å². The second kappa shape index (κ2) is 5.94. The Bertz CT molecular complexity index is 260. The van der Waals surface area contributed by atoms with E-state index in [1.807, 2.05) is 23.9 Å². The van der Waals surface area contributed by atoms with E-state index in [-0.39, 0.29) is 0 Å². The summed E-state index contributed by atoms with van der Waals surface area (Å²) in [6.07, 6.45) is 0. The molecule has 0 aliphatic rings. The molecular weight excluding hydrogens is 194 g/mol. The van der Waals surface area contributed by atoms with Gasteiger partial charge in [0.05, 0.1) is 7.11 Å². The summed E-state index contributed by atoms with van der Waals surface area (Å²) < 4.78 is 5.09. The summed E-state index contributed by atoms with van der Waals surface area (Å²) in [5, 5.41) is 0. The Hall–Kier alpha value is -0.670. The molecule has 0 spiro atoms. The summed E-state index contributed by atoms with van der Waals surface area (Å²) >= 11 is 1.84. The van der Waals surface area contributed by atoms with E-state index in [1.54, 1.807) is 7.11 Å². The molecule has 2 N–H and O–H groups in total. The van der Waals surface area contributed by atoms with Crippen molar-refractivity contribution >= 4 is 11.8 Å². The molecule has 0 saturated carbocycles. The maximum absolute atomic E-state index is 5.55. The van der Waals surface area contributed by atoms with Gasteiger partial charge in [-0.1, -0.05) is 6.92 Å². The highest BCUT2D eigenvalue weighted by Crippen LogP contribution is 2.22. The largest absolute Gasteiger partial charge is 0.497 e. The van der Waals surface area contributed by atoms with E-state index in [2.05, 4.69) is 19.1 Å². The van der Waals surface area contributed by atoms with Crippen LogP contribution in [0.1, 0.15) is 6.92 Å². The van der Waals surface area contributed by atoms with Crippen LogP contribution in [0.3, 0.4) is 0 Å². The van der Waals surface area contributed by atoms with Crippen LogP contribution in [0.2, 0.25) is 0 Å². The smallest absolute Gasteiger partial charge is 0.118 e. The first kappa shape index (κ1) is 11.4. The number of methoxy groups -OCH3 is 1. The standard InChI is InChI=1S/C11H17NOS/c1-9(7-12)8-14-11-5-3-10(13-2)4-6-11/h3-6,9H,7-8,12H2,1-2H3. The number of ether oxygens (including phenoxy) is 1. The first-order chi connectivity index (χ1) is 6.76. The fraction of sp³-hybridized carbons (Fsp3) is 0.455. The molecule has 2 nitrogen and oxygen atoms in total. The summed E-state index contributed by atoms with van der Waals surface area (Å²) in [5.41, 5.74) is 5.55. The molecule has 1 unspecified atom stereocenters. The van der Waals surface area contributed by atoms with Gasteiger partial charge in [0, 0.05) is 10.6 Å². The molecule has 0 radical (unpaired) electrons. The van der Waals surface area contributed by atoms with E-state index in [4.69, 9.17) is 10.5 Å². The fourth-order valence-corrected chi connectivity index (χ4v) is 1.92. The van der Waals surface area contributed by atoms with Crippen LogP contribution >= 0.6 is 11.8 Å². The van der Waals surface area contributed by atoms with E-state index in [1.165, 1.54) is 4.90 Å². The van der Waals surface area contributed by atoms with Gasteiger partial charge < -0.3 is 10.5 Å². The Labute approximate surface area is 89.8 Å². The minimum Gasteiger partial charge on any atom is -0.497 e. The number of hydrogen-bond acceptors (Lipinski definition) is 3. The van der Waals surface area contributed by atoms with Gasteiger partial charge in [-0.05, 0) is 36.7 Å². The zero-order valence-corrected chi connectivity index (χ0v) is 9.51. The lowest BCUT2D eigenvalue weighted by atomic mass is 10.2. The van der Waals surface area contributed by atoms with E-state index >= 15 is 0 Å². The zero-order chi connectivity index (χ0) is 10.4. The highest BCUT2D eigenvalue weighted by Gasteiger charge is 2.00. The molecule has 1 atom stereocenters. The number of thioether (sulfide) groups is 1. The van der Waals surface area contributed by atoms with E-state index < -0.39 is 0 Å². The van der Waals surface area contributed by atoms with Crippen LogP contribution in [0.25, 0.3) is 0 Å². The summed E-state index contributed by atoms with van der Waals surface area (Å²) in [5.74, 6) is 2.55. The van der Waals surface area contributed by atoms with Gasteiger partial charge in [0.1, 0.15) is 5.75 Å². The average Bonchev–Trinajstić information content (AvgIpc) is 2.26. The van der Waals surface area contributed by atoms with Crippen molar-refractivity contribution in [2.75, 3.05) is 19.4 Å². The SMILES string of the molecule is COc1ccc(SCC(C)CN)cc1. The van der Waals surface area contributed by atoms with Crippen molar-refractivity contribution in [2.24, 2.45) is 11.7 Å². The average molecular weight is 211 g/mol. The third kappa shape index (κ3) is 3.60. The minimum atomic E-state index is 0.571. The predicted octanol–water partition coefficient (Wildman–Crippen LogP) is 2.38. The molecular formula is C11H17NOS. The number of nitrogens with two attached hydrogens (primary N) is 1. The van der Waals surface area contributed by atoms with Gasteiger partial charge in [0.2, 0.25) is 0 Å². The number of hydrogen-bond donors (Lipinski definition) is 1. The van der Waals surface area contributed by atoms with Crippen molar-refractivity contribution in [1.29, 1.82) is 0 Å². The third-order valence-electron chi connectivity index (χ3n) is 2.00. The normalized spacial score (nSPS) is 12.5. The van der Waals surface area contributed by atoms with E-state index in [9.17, 15) is 0 Å². The second-order valence-electron chi connectivity index (χ2n) is 3.33. The molecule has 1 rings (SSSR count). The quantitative estimate of drug-likeness (QED) is 0.759. The Balaban J connectivity index is 2.43. The Kier molecular flexibility index (Phi) is 4.84. The zero-order valence-electron chi connectivity index (χ0n) is 8.69. The minimum absolute atomic E-state index is 0.571. The lowest BCUT2D eigenvalue weighted by Crippen LogP contribution is -2.12. The monoisotopic (exact) mass is 211 g/mol. The van der Waals surface area contributed by atoms with Gasteiger partial charge >= 0.3 is 0 Å². The molecule has 0 amide bonds. The number of benzene rings is 1. The maximum atomic E-state index is 5.55. The van der Waals surface area contributed by atoms with Crippen molar-refractivity contribution in [1.82, 2.24) is 0 Å². The Morgan fingerprint density at radius 2 is 2.00 bits per heavy atom. The molecule has 78 valence electrons. The highest BCUT2D eigenvalue weighted by atomic mass is 32.2. The molecule has 0 heterocycles. The van der Waals surface area contributed by atoms with Crippen molar-refractivity contribution in [3.05, 3.63) is 24.3 Å². The van der Waals surface area contributed by atoms with Gasteiger partial charge in [0.25, 0.3) is 0 Å². The Morgan fingerprint density at radius 3 is 2.50 bits per heavy atom. The van der Waals surface area contributed by atoms with Crippen molar-refractivity contribution in [2.45, 2.75) is 11.8 Å². The van der Waals surface area contributed by atoms with Gasteiger partial charge in [0.15, 0.2) is 0 Å². The van der Waals surface area contributed by atoms with Gasteiger partial charge in [-0.15, -0.1) is 11.8 Å². The van der Waals surface area contributed by atoms with Crippen molar-refractivity contribution in [3.63, 3.8) is 0 Å². The maximum Gasteiger partial charge on any atom is 0.118 e. The van der Waals surface area contributed by atoms with Crippen LogP contribution in [-0.4, -0.2) is 19.4 Å². The lowest BCUT2D eigenvalue weighted by Gasteiger charge is -2.07. The Morgan fingerprint density at radius 1 is 1.36 bits per heavy atom. The molecule has 3 heteroatoms. The topological polar surface area (TPSA) is 35.2 Å². The summed E-state index contributed by atoms with van der Waals surface area (Å²) in [6.45, 7) is 2.92. The molecule has 1 aromatic rings. The summed E-state index contributed by atoms with van der Waals surface area (Å²) in [4.78, 5) is 1.27. The van der Waals surface area contributed by atoms with Crippen molar-refractivity contribution < 1.29 is 4.74 Å². The summed E-state index contributed by atoms with van der Waals surface area (Å²) in [6, 6.07) is 8.12. The molecule has 14 heavy (non-hydrogen) atoms. The van der Waals surface area contributed by atoms with Crippen LogP contribution in [0.15, 0.2) is 29.2 Å². The molecule has 0 bridgehead atoms. The van der Waals surface area contributed by atoms with Gasteiger partial charge in [-0.2, -0.15) is 0 Å². The summed E-state index contributed by atoms with van der Waals surface area (Å²) in [7, 11) is 1.68. The predicted molar refractivity (Wildman–Crippen MR) is 61.9 cm³/mol. The van der Waals surface area contributed by atoms with E-state index in [0.717, 1.165) is 18.0 Å². The van der Waals surface area contributed by atoms with Gasteiger partial charge in [-0.25, -0.2) is 0 Å². The van der Waals surface area contributed by atoms with Crippen LogP contribution in [-0.2, 0) is 0 Å². The lowest BCUT2D eigenvalue weighted by molar-refractivity contribution is 0.414. The molecule has 1 aromatic carbocycles. The van der Waals surface area contributed by atoms with Crippen LogP contribution in [0.4, 0.5) is 0 Å². The molecule has 0 aliphatic carbocycles. The first-order valence-corrected chi connectivity index (χ1v) is 5.71. The second-order valence-corrected chi connectivity index (χ2v) is 4.42. The third-order valence-corrected chi connectivity index (χ3v) is 3.34. The van der Waals surface area contributed by atoms with Gasteiger partial charge in [-0.3, -0.25) is 0 Å². The van der Waals surface area contributed by atoms with Crippen LogP contribution in [0, 0.1) is 5.92 Å². The molecule has 0 aliphatic heterocycles. The van der Waals surface area contributed by atoms with E-state index in [0.29, 0.717) is 5.92 Å². The first-order valence-electron chi connectivity index (χ1n) is 4.73. The fourth-order valence-electron chi connectivity index (χ4n) is 0.978. The van der Waals surface area contributed by atoms with Crippen molar-refractivity contribution in [3.8, 4) is 5.75 Å². The molecule has 0 fully saturated rings. The molecule has 0 saturated heterocycles. The number of rotatable bonds is 5. The molecule has 0 aromatic heterocycles. The van der Waals surface area contributed by atoms with Crippen LogP contribution in [0.5, 0.6) is 5.75 Å².